The van der Waals surface area contributed by atoms with Crippen molar-refractivity contribution in [3.8, 4) is 11.1 Å². The first-order valence-corrected chi connectivity index (χ1v) is 12.5. The number of carboxylic acid groups (broad SMARTS) is 1. The van der Waals surface area contributed by atoms with E-state index < -0.39 is 5.82 Å². The summed E-state index contributed by atoms with van der Waals surface area (Å²) >= 11 is 5.99. The van der Waals surface area contributed by atoms with Crippen LogP contribution in [0.1, 0.15) is 41.8 Å². The average molecular weight is 541 g/mol. The van der Waals surface area contributed by atoms with Gasteiger partial charge < -0.3 is 14.7 Å². The number of hydrogen-bond donors (Lipinski definition) is 1. The van der Waals surface area contributed by atoms with Gasteiger partial charge in [-0.05, 0) is 51.0 Å². The Kier molecular flexibility index (Phi) is 7.13. The first kappa shape index (κ1) is 25.8. The van der Waals surface area contributed by atoms with E-state index in [2.05, 4.69) is 26.3 Å². The molecule has 4 aromatic rings. The van der Waals surface area contributed by atoms with Gasteiger partial charge in [0.1, 0.15) is 11.9 Å². The minimum absolute atomic E-state index is 0.181. The second-order valence-electron chi connectivity index (χ2n) is 9.30. The molecule has 1 atom stereocenters. The molecule has 1 aromatic carbocycles. The highest BCUT2D eigenvalue weighted by molar-refractivity contribution is 6.30. The summed E-state index contributed by atoms with van der Waals surface area (Å²) in [5.41, 5.74) is 2.91. The Morgan fingerprint density at radius 1 is 1.21 bits per heavy atom. The molecule has 38 heavy (non-hydrogen) atoms. The molecule has 0 spiro atoms. The highest BCUT2D eigenvalue weighted by Crippen LogP contribution is 2.36. The third-order valence-electron chi connectivity index (χ3n) is 6.77. The number of aryl methyl sites for hydroxylation is 1. The molecule has 0 amide bonds. The van der Waals surface area contributed by atoms with Gasteiger partial charge in [0, 0.05) is 45.7 Å². The van der Waals surface area contributed by atoms with E-state index in [9.17, 15) is 4.79 Å². The van der Waals surface area contributed by atoms with Gasteiger partial charge in [0.25, 0.3) is 12.0 Å². The van der Waals surface area contributed by atoms with Crippen LogP contribution in [0.5, 0.6) is 0 Å². The van der Waals surface area contributed by atoms with Gasteiger partial charge in [0.2, 0.25) is 0 Å². The van der Waals surface area contributed by atoms with Crippen molar-refractivity contribution in [1.82, 2.24) is 24.4 Å². The van der Waals surface area contributed by atoms with Gasteiger partial charge in [-0.25, -0.2) is 9.37 Å². The molecule has 4 heterocycles. The zero-order valence-electron chi connectivity index (χ0n) is 20.8. The lowest BCUT2D eigenvalue weighted by Crippen LogP contribution is -2.39. The van der Waals surface area contributed by atoms with Crippen LogP contribution in [-0.4, -0.2) is 55.7 Å². The van der Waals surface area contributed by atoms with Gasteiger partial charge in [0.15, 0.2) is 11.5 Å². The molecule has 3 aromatic heterocycles. The predicted molar refractivity (Wildman–Crippen MR) is 139 cm³/mol. The molecule has 1 aliphatic heterocycles. The standard InChI is InChI=1S/C25H24ClFN6O2.CH2O2/c1-14-15(2)29-24-20(19-6-3-17(26)9-21(19)27)10-23(30-33(24)25(14)34)31-7-8-35-22(13-31)16-11-28-32(12-16)18-4-5-18;2-1-3/h3,6,9-12,18,22H,4-5,7-8,13H2,1-2H3;1H,(H,2,3)/t22-;/m1./s1. The minimum Gasteiger partial charge on any atom is -0.483 e. The van der Waals surface area contributed by atoms with Crippen molar-refractivity contribution in [2.75, 3.05) is 24.6 Å². The Labute approximate surface area is 222 Å². The van der Waals surface area contributed by atoms with Crippen LogP contribution in [0.3, 0.4) is 0 Å². The number of aromatic nitrogens is 5. The molecule has 10 nitrogen and oxygen atoms in total. The summed E-state index contributed by atoms with van der Waals surface area (Å²) in [6.45, 7) is 4.84. The predicted octanol–water partition coefficient (Wildman–Crippen LogP) is 3.98. The van der Waals surface area contributed by atoms with E-state index in [0.29, 0.717) is 64.6 Å². The van der Waals surface area contributed by atoms with Gasteiger partial charge in [0.05, 0.1) is 25.4 Å². The van der Waals surface area contributed by atoms with Gasteiger partial charge in [-0.15, -0.1) is 5.10 Å². The molecule has 0 bridgehead atoms. The second-order valence-corrected chi connectivity index (χ2v) is 9.74. The van der Waals surface area contributed by atoms with E-state index >= 15 is 4.39 Å². The average Bonchev–Trinajstić information content (AvgIpc) is 3.64. The van der Waals surface area contributed by atoms with Crippen molar-refractivity contribution in [3.63, 3.8) is 0 Å². The van der Waals surface area contributed by atoms with Crippen LogP contribution in [0.4, 0.5) is 10.2 Å². The Hall–Kier alpha value is -3.83. The Bertz CT molecular complexity index is 1570. The van der Waals surface area contributed by atoms with Gasteiger partial charge in [-0.1, -0.05) is 11.6 Å². The van der Waals surface area contributed by atoms with Crippen LogP contribution in [0.25, 0.3) is 16.8 Å². The maximum Gasteiger partial charge on any atom is 0.290 e. The lowest BCUT2D eigenvalue weighted by Gasteiger charge is -2.33. The molecule has 6 rings (SSSR count). The third-order valence-corrected chi connectivity index (χ3v) is 7.01. The lowest BCUT2D eigenvalue weighted by molar-refractivity contribution is -0.122. The summed E-state index contributed by atoms with van der Waals surface area (Å²) in [6, 6.07) is 6.77. The van der Waals surface area contributed by atoms with Gasteiger partial charge >= 0.3 is 0 Å². The van der Waals surface area contributed by atoms with E-state index in [1.165, 1.54) is 10.6 Å². The molecule has 1 aliphatic carbocycles. The molecule has 12 heteroatoms. The lowest BCUT2D eigenvalue weighted by atomic mass is 10.1. The van der Waals surface area contributed by atoms with Crippen LogP contribution >= 0.6 is 11.6 Å². The summed E-state index contributed by atoms with van der Waals surface area (Å²) in [6.07, 6.45) is 6.04. The Balaban J connectivity index is 0.000000937. The Morgan fingerprint density at radius 2 is 1.97 bits per heavy atom. The largest absolute Gasteiger partial charge is 0.483 e. The van der Waals surface area contributed by atoms with E-state index in [-0.39, 0.29) is 18.1 Å². The zero-order valence-corrected chi connectivity index (χ0v) is 21.6. The summed E-state index contributed by atoms with van der Waals surface area (Å²) in [5, 5.41) is 16.3. The first-order valence-electron chi connectivity index (χ1n) is 12.2. The molecule has 1 saturated carbocycles. The fourth-order valence-corrected chi connectivity index (χ4v) is 4.63. The second kappa shape index (κ2) is 10.5. The SMILES string of the molecule is Cc1nc2c(-c3ccc(Cl)cc3F)cc(N3CCO[C@@H](c4cnn(C5CC5)c4)C3)nn2c(=O)c1C.O=CO. The van der Waals surface area contributed by atoms with Crippen molar-refractivity contribution >= 4 is 29.5 Å². The molecule has 2 aliphatic rings. The third kappa shape index (κ3) is 4.99. The molecule has 0 radical (unpaired) electrons. The summed E-state index contributed by atoms with van der Waals surface area (Å²) in [5.74, 6) is 0.0632. The summed E-state index contributed by atoms with van der Waals surface area (Å²) < 4.78 is 24.3. The van der Waals surface area contributed by atoms with Crippen LogP contribution in [0, 0.1) is 19.7 Å². The summed E-state index contributed by atoms with van der Waals surface area (Å²) in [4.78, 5) is 28.2. The number of benzene rings is 1. The number of hydrogen-bond acceptors (Lipinski definition) is 7. The van der Waals surface area contributed by atoms with Crippen molar-refractivity contribution in [2.45, 2.75) is 38.8 Å². The number of ether oxygens (including phenoxy) is 1. The monoisotopic (exact) mass is 540 g/mol. The van der Waals surface area contributed by atoms with Crippen LogP contribution in [0.2, 0.25) is 5.02 Å². The fourth-order valence-electron chi connectivity index (χ4n) is 4.47. The first-order chi connectivity index (χ1) is 18.3. The molecule has 1 N–H and O–H groups in total. The number of carbonyl (C=O) groups is 1. The number of fused-ring (bicyclic) bond motifs is 1. The number of nitrogens with zero attached hydrogens (tertiary/aromatic N) is 6. The number of morpholine rings is 1. The summed E-state index contributed by atoms with van der Waals surface area (Å²) in [7, 11) is 0. The molecule has 198 valence electrons. The smallest absolute Gasteiger partial charge is 0.290 e. The number of rotatable bonds is 4. The van der Waals surface area contributed by atoms with E-state index in [4.69, 9.17) is 26.2 Å². The topological polar surface area (TPSA) is 115 Å². The Morgan fingerprint density at radius 3 is 2.68 bits per heavy atom. The molecular weight excluding hydrogens is 515 g/mol. The maximum atomic E-state index is 15.0. The van der Waals surface area contributed by atoms with Crippen LogP contribution < -0.4 is 10.5 Å². The van der Waals surface area contributed by atoms with Crippen molar-refractivity contribution in [1.29, 1.82) is 0 Å². The highest BCUT2D eigenvalue weighted by Gasteiger charge is 2.29. The van der Waals surface area contributed by atoms with Crippen molar-refractivity contribution in [2.24, 2.45) is 0 Å². The fraction of sp³-hybridized carbons (Fsp3) is 0.346. The van der Waals surface area contributed by atoms with Crippen molar-refractivity contribution < 1.29 is 19.0 Å². The van der Waals surface area contributed by atoms with E-state index in [0.717, 1.165) is 18.4 Å². The van der Waals surface area contributed by atoms with E-state index in [1.807, 2.05) is 10.9 Å². The van der Waals surface area contributed by atoms with Crippen molar-refractivity contribution in [3.05, 3.63) is 74.7 Å². The maximum absolute atomic E-state index is 15.0. The molecule has 2 fully saturated rings. The molecule has 0 unspecified atom stereocenters. The number of anilines is 1. The van der Waals surface area contributed by atoms with Gasteiger partial charge in [-0.2, -0.15) is 9.61 Å². The molecular formula is C26H26ClFN6O4. The number of halogens is 2. The highest BCUT2D eigenvalue weighted by atomic mass is 35.5. The van der Waals surface area contributed by atoms with Gasteiger partial charge in [-0.3, -0.25) is 14.3 Å². The normalized spacial score (nSPS) is 17.3. The zero-order chi connectivity index (χ0) is 27.0. The van der Waals surface area contributed by atoms with Crippen LogP contribution in [-0.2, 0) is 9.53 Å². The quantitative estimate of drug-likeness (QED) is 0.387. The van der Waals surface area contributed by atoms with Crippen LogP contribution in [0.15, 0.2) is 41.5 Å². The molecule has 1 saturated heterocycles. The minimum atomic E-state index is -0.489. The van der Waals surface area contributed by atoms with E-state index in [1.54, 1.807) is 32.0 Å².